The molecule has 0 bridgehead atoms. The summed E-state index contributed by atoms with van der Waals surface area (Å²) in [6.07, 6.45) is 2.85. The maximum absolute atomic E-state index is 11.7. The second kappa shape index (κ2) is 4.43. The van der Waals surface area contributed by atoms with Gasteiger partial charge in [-0.25, -0.2) is 9.97 Å². The number of nitrogens with zero attached hydrogens (tertiary/aromatic N) is 3. The monoisotopic (exact) mass is 275 g/mol. The highest BCUT2D eigenvalue weighted by Gasteiger charge is 2.55. The predicted molar refractivity (Wildman–Crippen MR) is 75.9 cm³/mol. The predicted octanol–water partition coefficient (Wildman–Crippen LogP) is 2.09. The van der Waals surface area contributed by atoms with Gasteiger partial charge in [0.25, 0.3) is 0 Å². The number of aliphatic carboxylic acids is 1. The van der Waals surface area contributed by atoms with Crippen molar-refractivity contribution in [3.05, 3.63) is 17.1 Å². The Hall–Kier alpha value is -1.65. The van der Waals surface area contributed by atoms with Gasteiger partial charge in [-0.3, -0.25) is 4.79 Å². The Labute approximate surface area is 119 Å². The van der Waals surface area contributed by atoms with E-state index in [-0.39, 0.29) is 5.92 Å². The van der Waals surface area contributed by atoms with Gasteiger partial charge in [0.15, 0.2) is 0 Å². The Morgan fingerprint density at radius 2 is 2.10 bits per heavy atom. The van der Waals surface area contributed by atoms with E-state index in [2.05, 4.69) is 14.9 Å². The molecule has 2 fully saturated rings. The maximum Gasteiger partial charge on any atom is 0.311 e. The van der Waals surface area contributed by atoms with E-state index in [4.69, 9.17) is 0 Å². The molecule has 3 rings (SSSR count). The number of carbonyl (C=O) groups is 1. The molecule has 5 nitrogen and oxygen atoms in total. The Balaban J connectivity index is 1.97. The first-order chi connectivity index (χ1) is 9.44. The normalized spacial score (nSPS) is 28.8. The average molecular weight is 275 g/mol. The van der Waals surface area contributed by atoms with Crippen molar-refractivity contribution < 1.29 is 9.90 Å². The number of aromatic nitrogens is 2. The smallest absolute Gasteiger partial charge is 0.311 e. The molecule has 0 spiro atoms. The van der Waals surface area contributed by atoms with Gasteiger partial charge in [-0.2, -0.15) is 0 Å². The molecule has 0 radical (unpaired) electrons. The zero-order chi connectivity index (χ0) is 14.5. The van der Waals surface area contributed by atoms with Crippen LogP contribution in [-0.2, 0) is 4.79 Å². The molecule has 1 aliphatic carbocycles. The lowest BCUT2D eigenvalue weighted by molar-refractivity contribution is -0.149. The molecule has 2 aliphatic rings. The fourth-order valence-electron chi connectivity index (χ4n) is 3.86. The second-order valence-electron chi connectivity index (χ2n) is 6.24. The van der Waals surface area contributed by atoms with Crippen LogP contribution in [0.4, 0.5) is 5.82 Å². The Kier molecular flexibility index (Phi) is 2.96. The number of hydrogen-bond acceptors (Lipinski definition) is 4. The number of anilines is 1. The average Bonchev–Trinajstić information content (AvgIpc) is 2.90. The summed E-state index contributed by atoms with van der Waals surface area (Å²) in [5.41, 5.74) is 1.49. The minimum Gasteiger partial charge on any atom is -0.481 e. The highest BCUT2D eigenvalue weighted by molar-refractivity contribution is 5.78. The summed E-state index contributed by atoms with van der Waals surface area (Å²) in [5.74, 6) is 1.30. The number of carboxylic acids is 1. The molecule has 0 amide bonds. The highest BCUT2D eigenvalue weighted by Crippen LogP contribution is 2.49. The molecule has 1 N–H and O–H groups in total. The molecule has 2 heterocycles. The molecular weight excluding hydrogens is 254 g/mol. The van der Waals surface area contributed by atoms with Crippen LogP contribution in [0.5, 0.6) is 0 Å². The number of carboxylic acid groups (broad SMARTS) is 1. The van der Waals surface area contributed by atoms with Gasteiger partial charge in [-0.05, 0) is 39.5 Å². The summed E-state index contributed by atoms with van der Waals surface area (Å²) in [6.45, 7) is 7.29. The van der Waals surface area contributed by atoms with Crippen molar-refractivity contribution in [1.29, 1.82) is 0 Å². The minimum absolute atomic E-state index is 0.259. The Morgan fingerprint density at radius 1 is 1.35 bits per heavy atom. The Morgan fingerprint density at radius 3 is 2.75 bits per heavy atom. The van der Waals surface area contributed by atoms with E-state index in [0.29, 0.717) is 6.54 Å². The van der Waals surface area contributed by atoms with Gasteiger partial charge in [-0.1, -0.05) is 6.42 Å². The van der Waals surface area contributed by atoms with E-state index in [1.807, 2.05) is 20.8 Å². The van der Waals surface area contributed by atoms with E-state index in [1.165, 1.54) is 0 Å². The number of fused-ring (bicyclic) bond motifs is 1. The van der Waals surface area contributed by atoms with Crippen LogP contribution in [0.1, 0.15) is 36.3 Å². The van der Waals surface area contributed by atoms with Gasteiger partial charge in [0.2, 0.25) is 0 Å². The van der Waals surface area contributed by atoms with E-state index >= 15 is 0 Å². The van der Waals surface area contributed by atoms with Crippen LogP contribution in [0.25, 0.3) is 0 Å². The van der Waals surface area contributed by atoms with E-state index < -0.39 is 11.4 Å². The highest BCUT2D eigenvalue weighted by atomic mass is 16.4. The summed E-state index contributed by atoms with van der Waals surface area (Å²) in [6, 6.07) is 0. The quantitative estimate of drug-likeness (QED) is 0.895. The SMILES string of the molecule is Cc1nc(C)c(C)c(N2C[C@@H]3CCC[C@@]3(C(=O)O)C2)n1. The van der Waals surface area contributed by atoms with Crippen LogP contribution in [0.15, 0.2) is 0 Å². The van der Waals surface area contributed by atoms with Crippen molar-refractivity contribution in [2.45, 2.75) is 40.0 Å². The van der Waals surface area contributed by atoms with Crippen molar-refractivity contribution in [1.82, 2.24) is 9.97 Å². The first kappa shape index (κ1) is 13.3. The van der Waals surface area contributed by atoms with Gasteiger partial charge >= 0.3 is 5.97 Å². The van der Waals surface area contributed by atoms with Crippen molar-refractivity contribution in [2.24, 2.45) is 11.3 Å². The van der Waals surface area contributed by atoms with Crippen LogP contribution in [-0.4, -0.2) is 34.1 Å². The van der Waals surface area contributed by atoms with Crippen LogP contribution >= 0.6 is 0 Å². The Bertz CT molecular complexity index is 572. The summed E-state index contributed by atoms with van der Waals surface area (Å²) >= 11 is 0. The largest absolute Gasteiger partial charge is 0.481 e. The lowest BCUT2D eigenvalue weighted by Crippen LogP contribution is -2.36. The second-order valence-corrected chi connectivity index (χ2v) is 6.24. The molecule has 1 aromatic heterocycles. The molecular formula is C15H21N3O2. The van der Waals surface area contributed by atoms with E-state index in [0.717, 1.165) is 48.7 Å². The zero-order valence-electron chi connectivity index (χ0n) is 12.3. The third-order valence-electron chi connectivity index (χ3n) is 5.07. The van der Waals surface area contributed by atoms with Gasteiger partial charge < -0.3 is 10.0 Å². The first-order valence-corrected chi connectivity index (χ1v) is 7.24. The fraction of sp³-hybridized carbons (Fsp3) is 0.667. The molecule has 1 saturated heterocycles. The summed E-state index contributed by atoms with van der Waals surface area (Å²) in [4.78, 5) is 22.8. The molecule has 1 aromatic rings. The number of hydrogen-bond donors (Lipinski definition) is 1. The minimum atomic E-state index is -0.636. The van der Waals surface area contributed by atoms with Crippen LogP contribution in [0.3, 0.4) is 0 Å². The lowest BCUT2D eigenvalue weighted by atomic mass is 9.81. The standard InChI is InChI=1S/C15H21N3O2/c1-9-10(2)16-11(3)17-13(9)18-7-12-5-4-6-15(12,8-18)14(19)20/h12H,4-8H2,1-3H3,(H,19,20)/t12-,15+/m0/s1. The molecule has 108 valence electrons. The topological polar surface area (TPSA) is 66.3 Å². The molecule has 1 aliphatic heterocycles. The van der Waals surface area contributed by atoms with Crippen molar-refractivity contribution in [3.8, 4) is 0 Å². The number of aryl methyl sites for hydroxylation is 2. The molecule has 20 heavy (non-hydrogen) atoms. The third-order valence-corrected chi connectivity index (χ3v) is 5.07. The third kappa shape index (κ3) is 1.79. The van der Waals surface area contributed by atoms with Gasteiger partial charge in [0.1, 0.15) is 11.6 Å². The molecule has 1 saturated carbocycles. The number of rotatable bonds is 2. The lowest BCUT2D eigenvalue weighted by Gasteiger charge is -2.24. The van der Waals surface area contributed by atoms with Crippen molar-refractivity contribution in [3.63, 3.8) is 0 Å². The fourth-order valence-corrected chi connectivity index (χ4v) is 3.86. The van der Waals surface area contributed by atoms with Crippen molar-refractivity contribution in [2.75, 3.05) is 18.0 Å². The molecule has 2 atom stereocenters. The van der Waals surface area contributed by atoms with Crippen LogP contribution in [0.2, 0.25) is 0 Å². The van der Waals surface area contributed by atoms with Gasteiger partial charge in [0, 0.05) is 24.3 Å². The van der Waals surface area contributed by atoms with E-state index in [9.17, 15) is 9.90 Å². The first-order valence-electron chi connectivity index (χ1n) is 7.24. The van der Waals surface area contributed by atoms with E-state index in [1.54, 1.807) is 0 Å². The van der Waals surface area contributed by atoms with Crippen LogP contribution < -0.4 is 4.90 Å². The summed E-state index contributed by atoms with van der Waals surface area (Å²) in [7, 11) is 0. The zero-order valence-corrected chi connectivity index (χ0v) is 12.3. The van der Waals surface area contributed by atoms with Gasteiger partial charge in [0.05, 0.1) is 5.41 Å². The summed E-state index contributed by atoms with van der Waals surface area (Å²) < 4.78 is 0. The maximum atomic E-state index is 11.7. The van der Waals surface area contributed by atoms with Gasteiger partial charge in [-0.15, -0.1) is 0 Å². The molecule has 5 heteroatoms. The van der Waals surface area contributed by atoms with Crippen molar-refractivity contribution >= 4 is 11.8 Å². The van der Waals surface area contributed by atoms with Crippen LogP contribution in [0, 0.1) is 32.1 Å². The molecule has 0 unspecified atom stereocenters. The summed E-state index contributed by atoms with van der Waals surface area (Å²) in [5, 5.41) is 9.66. The molecule has 0 aromatic carbocycles.